The molecular formula is C22H14FN3O2. The Morgan fingerprint density at radius 1 is 0.929 bits per heavy atom. The van der Waals surface area contributed by atoms with Crippen LogP contribution in [-0.2, 0) is 0 Å². The number of hydrogen-bond donors (Lipinski definition) is 0. The van der Waals surface area contributed by atoms with Crippen molar-refractivity contribution in [3.05, 3.63) is 71.0 Å². The lowest BCUT2D eigenvalue weighted by Gasteiger charge is -2.34. The van der Waals surface area contributed by atoms with E-state index in [1.54, 1.807) is 36.1 Å². The number of nitrogens with zero attached hydrogens (tertiary/aromatic N) is 3. The predicted octanol–water partition coefficient (Wildman–Crippen LogP) is 5.46. The molecule has 0 atom stereocenters. The molecule has 0 bridgehead atoms. The van der Waals surface area contributed by atoms with Gasteiger partial charge in [0.1, 0.15) is 17.7 Å². The first-order chi connectivity index (χ1) is 13.6. The van der Waals surface area contributed by atoms with Crippen LogP contribution in [0, 0.1) is 35.4 Å². The number of rotatable bonds is 2. The Balaban J connectivity index is 2.15. The minimum absolute atomic E-state index is 0.105. The Kier molecular flexibility index (Phi) is 4.10. The maximum absolute atomic E-state index is 15.1. The monoisotopic (exact) mass is 371 g/mol. The highest BCUT2D eigenvalue weighted by Crippen LogP contribution is 2.52. The van der Waals surface area contributed by atoms with Gasteiger partial charge in [-0.1, -0.05) is 24.3 Å². The van der Waals surface area contributed by atoms with Crippen molar-refractivity contribution >= 4 is 17.1 Å². The van der Waals surface area contributed by atoms with Gasteiger partial charge >= 0.3 is 0 Å². The van der Waals surface area contributed by atoms with Gasteiger partial charge in [-0.3, -0.25) is 0 Å². The fourth-order valence-electron chi connectivity index (χ4n) is 3.45. The summed E-state index contributed by atoms with van der Waals surface area (Å²) < 4.78 is 26.2. The third kappa shape index (κ3) is 2.36. The van der Waals surface area contributed by atoms with E-state index in [0.717, 1.165) is 0 Å². The minimum atomic E-state index is -0.794. The van der Waals surface area contributed by atoms with Gasteiger partial charge in [-0.05, 0) is 31.2 Å². The molecule has 3 aromatic carbocycles. The van der Waals surface area contributed by atoms with Gasteiger partial charge in [-0.15, -0.1) is 0 Å². The van der Waals surface area contributed by atoms with Gasteiger partial charge in [-0.25, -0.2) is 4.39 Å². The number of methoxy groups -OCH3 is 1. The van der Waals surface area contributed by atoms with Crippen LogP contribution < -0.4 is 14.4 Å². The number of hydrogen-bond acceptors (Lipinski definition) is 5. The second-order valence-electron chi connectivity index (χ2n) is 6.17. The van der Waals surface area contributed by atoms with Crippen LogP contribution in [0.5, 0.6) is 17.2 Å². The molecular weight excluding hydrogens is 357 g/mol. The molecule has 0 saturated heterocycles. The first kappa shape index (κ1) is 17.4. The van der Waals surface area contributed by atoms with Crippen molar-refractivity contribution in [1.82, 2.24) is 0 Å². The second kappa shape index (κ2) is 6.61. The molecule has 0 unspecified atom stereocenters. The summed E-state index contributed by atoms with van der Waals surface area (Å²) in [6, 6.07) is 18.5. The van der Waals surface area contributed by atoms with E-state index in [1.165, 1.54) is 7.11 Å². The van der Waals surface area contributed by atoms with Gasteiger partial charge in [0.05, 0.1) is 29.7 Å². The van der Waals surface area contributed by atoms with Gasteiger partial charge in [0.25, 0.3) is 0 Å². The van der Waals surface area contributed by atoms with Crippen molar-refractivity contribution in [3.8, 4) is 29.4 Å². The molecule has 0 N–H and O–H groups in total. The number of benzene rings is 3. The van der Waals surface area contributed by atoms with Crippen molar-refractivity contribution in [2.24, 2.45) is 0 Å². The summed E-state index contributed by atoms with van der Waals surface area (Å²) in [6.45, 7) is 1.60. The highest BCUT2D eigenvalue weighted by molar-refractivity contribution is 5.91. The van der Waals surface area contributed by atoms with E-state index in [9.17, 15) is 10.5 Å². The zero-order valence-corrected chi connectivity index (χ0v) is 15.2. The molecule has 6 heteroatoms. The molecule has 3 aromatic rings. The van der Waals surface area contributed by atoms with Gasteiger partial charge < -0.3 is 14.4 Å². The maximum atomic E-state index is 15.1. The molecule has 5 nitrogen and oxygen atoms in total. The molecule has 4 rings (SSSR count). The molecule has 0 aromatic heterocycles. The Hall–Kier alpha value is -4.03. The second-order valence-corrected chi connectivity index (χ2v) is 6.17. The molecule has 136 valence electrons. The number of fused-ring (bicyclic) bond motifs is 2. The Labute approximate surface area is 161 Å². The average molecular weight is 371 g/mol. The van der Waals surface area contributed by atoms with Gasteiger partial charge in [0, 0.05) is 5.56 Å². The average Bonchev–Trinajstić information content (AvgIpc) is 2.72. The molecule has 0 saturated carbocycles. The van der Waals surface area contributed by atoms with Crippen LogP contribution in [0.2, 0.25) is 0 Å². The summed E-state index contributed by atoms with van der Waals surface area (Å²) in [7, 11) is 1.31. The molecule has 1 aliphatic rings. The van der Waals surface area contributed by atoms with Crippen molar-refractivity contribution in [2.75, 3.05) is 12.0 Å². The summed E-state index contributed by atoms with van der Waals surface area (Å²) in [5, 5.41) is 19.6. The van der Waals surface area contributed by atoms with Crippen LogP contribution in [0.4, 0.5) is 21.5 Å². The summed E-state index contributed by atoms with van der Waals surface area (Å²) in [5.74, 6) is 0.190. The zero-order chi connectivity index (χ0) is 19.8. The first-order valence-corrected chi connectivity index (χ1v) is 8.48. The van der Waals surface area contributed by atoms with Crippen LogP contribution in [0.1, 0.15) is 16.7 Å². The van der Waals surface area contributed by atoms with Crippen LogP contribution in [0.15, 0.2) is 48.5 Å². The van der Waals surface area contributed by atoms with Gasteiger partial charge in [0.2, 0.25) is 0 Å². The third-order valence-corrected chi connectivity index (χ3v) is 4.69. The standard InChI is InChI=1S/C22H14FN3O2/c1-13-14(11-24)21(15(12-25)20(23)22(13)27-2)26-16-7-3-5-9-18(16)28-19-10-6-4-8-17(19)26/h3-10H,1-2H3. The normalized spacial score (nSPS) is 11.5. The number of nitriles is 2. The fraction of sp³-hybridized carbons (Fsp3) is 0.0909. The number of ether oxygens (including phenoxy) is 2. The Bertz CT molecular complexity index is 1100. The Morgan fingerprint density at radius 3 is 1.96 bits per heavy atom. The predicted molar refractivity (Wildman–Crippen MR) is 102 cm³/mol. The molecule has 0 spiro atoms. The molecule has 0 aliphatic carbocycles. The van der Waals surface area contributed by atoms with E-state index >= 15 is 4.39 Å². The topological polar surface area (TPSA) is 69.3 Å². The fourth-order valence-corrected chi connectivity index (χ4v) is 3.45. The molecule has 1 heterocycles. The summed E-state index contributed by atoms with van der Waals surface area (Å²) >= 11 is 0. The number of para-hydroxylation sites is 4. The lowest BCUT2D eigenvalue weighted by atomic mass is 9.98. The SMILES string of the molecule is COc1c(C)c(C#N)c(N2c3ccccc3Oc3ccccc32)c(C#N)c1F. The molecule has 0 amide bonds. The summed E-state index contributed by atoms with van der Waals surface area (Å²) in [5.41, 5.74) is 1.63. The van der Waals surface area contributed by atoms with Crippen molar-refractivity contribution in [1.29, 1.82) is 10.5 Å². The van der Waals surface area contributed by atoms with E-state index in [1.807, 2.05) is 30.3 Å². The quantitative estimate of drug-likeness (QED) is 0.468. The summed E-state index contributed by atoms with van der Waals surface area (Å²) in [4.78, 5) is 1.70. The highest BCUT2D eigenvalue weighted by Gasteiger charge is 2.33. The molecule has 28 heavy (non-hydrogen) atoms. The van der Waals surface area contributed by atoms with Crippen molar-refractivity contribution < 1.29 is 13.9 Å². The minimum Gasteiger partial charge on any atom is -0.493 e. The largest absolute Gasteiger partial charge is 0.493 e. The van der Waals surface area contributed by atoms with Gasteiger partial charge in [-0.2, -0.15) is 10.5 Å². The molecule has 1 aliphatic heterocycles. The third-order valence-electron chi connectivity index (χ3n) is 4.69. The molecule has 0 radical (unpaired) electrons. The maximum Gasteiger partial charge on any atom is 0.185 e. The lowest BCUT2D eigenvalue weighted by molar-refractivity contribution is 0.382. The van der Waals surface area contributed by atoms with Crippen molar-refractivity contribution in [3.63, 3.8) is 0 Å². The van der Waals surface area contributed by atoms with E-state index in [4.69, 9.17) is 9.47 Å². The molecule has 0 fully saturated rings. The van der Waals surface area contributed by atoms with E-state index in [-0.39, 0.29) is 22.6 Å². The van der Waals surface area contributed by atoms with Gasteiger partial charge in [0.15, 0.2) is 23.1 Å². The summed E-state index contributed by atoms with van der Waals surface area (Å²) in [6.07, 6.45) is 0. The van der Waals surface area contributed by atoms with E-state index in [0.29, 0.717) is 28.4 Å². The van der Waals surface area contributed by atoms with E-state index < -0.39 is 5.82 Å². The van der Waals surface area contributed by atoms with Crippen molar-refractivity contribution in [2.45, 2.75) is 6.92 Å². The van der Waals surface area contributed by atoms with E-state index in [2.05, 4.69) is 6.07 Å². The number of halogens is 1. The highest BCUT2D eigenvalue weighted by atomic mass is 19.1. The van der Waals surface area contributed by atoms with Crippen LogP contribution in [0.3, 0.4) is 0 Å². The first-order valence-electron chi connectivity index (χ1n) is 8.48. The smallest absolute Gasteiger partial charge is 0.185 e. The van der Waals surface area contributed by atoms with Crippen LogP contribution >= 0.6 is 0 Å². The number of anilines is 3. The Morgan fingerprint density at radius 2 is 1.46 bits per heavy atom. The zero-order valence-electron chi connectivity index (χ0n) is 15.2. The van der Waals surface area contributed by atoms with Crippen LogP contribution in [0.25, 0.3) is 0 Å². The van der Waals surface area contributed by atoms with Crippen LogP contribution in [-0.4, -0.2) is 7.11 Å². The lowest BCUT2D eigenvalue weighted by Crippen LogP contribution is -2.19.